The number of carbonyl (C=O) groups excluding carboxylic acids is 1. The third kappa shape index (κ3) is 4.13. The van der Waals surface area contributed by atoms with Gasteiger partial charge in [-0.3, -0.25) is 4.79 Å². The molecule has 0 aliphatic rings. The number of ether oxygens (including phenoxy) is 1. The van der Waals surface area contributed by atoms with Crippen molar-refractivity contribution >= 4 is 28.9 Å². The normalized spacial score (nSPS) is 10.0. The Kier molecular flexibility index (Phi) is 5.06. The zero-order chi connectivity index (χ0) is 15.2. The van der Waals surface area contributed by atoms with Crippen LogP contribution in [-0.4, -0.2) is 19.6 Å². The molecule has 0 unspecified atom stereocenters. The van der Waals surface area contributed by atoms with Gasteiger partial charge >= 0.3 is 0 Å². The van der Waals surface area contributed by atoms with Crippen molar-refractivity contribution in [3.05, 3.63) is 53.1 Å². The molecule has 2 aromatic carbocycles. The second kappa shape index (κ2) is 6.99. The van der Waals surface area contributed by atoms with Gasteiger partial charge in [0, 0.05) is 0 Å². The van der Waals surface area contributed by atoms with E-state index < -0.39 is 0 Å². The molecular weight excluding hydrogens is 288 g/mol. The molecule has 2 rings (SSSR count). The number of hydrogen-bond acceptors (Lipinski definition) is 3. The van der Waals surface area contributed by atoms with Crippen molar-refractivity contribution in [2.45, 2.75) is 6.92 Å². The Bertz CT molecular complexity index is 644. The lowest BCUT2D eigenvalue weighted by molar-refractivity contribution is -0.114. The van der Waals surface area contributed by atoms with Crippen LogP contribution < -0.4 is 15.4 Å². The van der Waals surface area contributed by atoms with Crippen molar-refractivity contribution in [1.29, 1.82) is 0 Å². The molecule has 2 N–H and O–H groups in total. The van der Waals surface area contributed by atoms with Crippen LogP contribution in [0, 0.1) is 6.92 Å². The van der Waals surface area contributed by atoms with Gasteiger partial charge in [-0.15, -0.1) is 0 Å². The SMILES string of the molecule is COc1ccccc1NC(=O)CNc1ccc(C)cc1Cl. The average Bonchev–Trinajstić information content (AvgIpc) is 2.47. The molecule has 0 atom stereocenters. The van der Waals surface area contributed by atoms with Crippen LogP contribution in [0.25, 0.3) is 0 Å². The van der Waals surface area contributed by atoms with Crippen LogP contribution in [-0.2, 0) is 4.79 Å². The number of para-hydroxylation sites is 2. The lowest BCUT2D eigenvalue weighted by Crippen LogP contribution is -2.22. The minimum atomic E-state index is -0.170. The second-order valence-corrected chi connectivity index (χ2v) is 4.99. The first kappa shape index (κ1) is 15.2. The van der Waals surface area contributed by atoms with E-state index in [0.717, 1.165) is 11.3 Å². The van der Waals surface area contributed by atoms with Crippen molar-refractivity contribution in [2.75, 3.05) is 24.3 Å². The maximum absolute atomic E-state index is 12.0. The minimum Gasteiger partial charge on any atom is -0.495 e. The first-order chi connectivity index (χ1) is 10.1. The highest BCUT2D eigenvalue weighted by Gasteiger charge is 2.07. The third-order valence-electron chi connectivity index (χ3n) is 2.95. The summed E-state index contributed by atoms with van der Waals surface area (Å²) in [5, 5.41) is 6.40. The monoisotopic (exact) mass is 304 g/mol. The fourth-order valence-electron chi connectivity index (χ4n) is 1.88. The molecule has 0 radical (unpaired) electrons. The van der Waals surface area contributed by atoms with Crippen molar-refractivity contribution in [2.24, 2.45) is 0 Å². The lowest BCUT2D eigenvalue weighted by Gasteiger charge is -2.11. The summed E-state index contributed by atoms with van der Waals surface area (Å²) in [5.74, 6) is 0.454. The molecule has 4 nitrogen and oxygen atoms in total. The molecule has 0 bridgehead atoms. The standard InChI is InChI=1S/C16H17ClN2O2/c1-11-7-8-13(12(17)9-11)18-10-16(20)19-14-5-3-4-6-15(14)21-2/h3-9,18H,10H2,1-2H3,(H,19,20). The predicted octanol–water partition coefficient (Wildman–Crippen LogP) is 3.71. The summed E-state index contributed by atoms with van der Waals surface area (Å²) in [5.41, 5.74) is 2.45. The number of nitrogens with one attached hydrogen (secondary N) is 2. The Balaban J connectivity index is 1.96. The molecule has 21 heavy (non-hydrogen) atoms. The van der Waals surface area contributed by atoms with E-state index in [1.165, 1.54) is 0 Å². The first-order valence-electron chi connectivity index (χ1n) is 6.53. The molecule has 0 spiro atoms. The van der Waals surface area contributed by atoms with E-state index in [1.54, 1.807) is 19.2 Å². The first-order valence-corrected chi connectivity index (χ1v) is 6.91. The van der Waals surface area contributed by atoms with Crippen LogP contribution in [0.2, 0.25) is 5.02 Å². The molecule has 1 amide bonds. The van der Waals surface area contributed by atoms with Crippen LogP contribution in [0.15, 0.2) is 42.5 Å². The smallest absolute Gasteiger partial charge is 0.243 e. The molecular formula is C16H17ClN2O2. The summed E-state index contributed by atoms with van der Waals surface area (Å²) < 4.78 is 5.19. The summed E-state index contributed by atoms with van der Waals surface area (Å²) >= 11 is 6.11. The Morgan fingerprint density at radius 2 is 1.95 bits per heavy atom. The maximum Gasteiger partial charge on any atom is 0.243 e. The molecule has 0 saturated carbocycles. The number of carbonyl (C=O) groups is 1. The van der Waals surface area contributed by atoms with Gasteiger partial charge < -0.3 is 15.4 Å². The Labute approximate surface area is 129 Å². The van der Waals surface area contributed by atoms with Crippen LogP contribution in [0.4, 0.5) is 11.4 Å². The molecule has 0 aromatic heterocycles. The molecule has 0 heterocycles. The molecule has 0 fully saturated rings. The Morgan fingerprint density at radius 1 is 1.19 bits per heavy atom. The number of hydrogen-bond donors (Lipinski definition) is 2. The summed E-state index contributed by atoms with van der Waals surface area (Å²) in [6.45, 7) is 2.09. The number of benzene rings is 2. The molecule has 2 aromatic rings. The highest BCUT2D eigenvalue weighted by Crippen LogP contribution is 2.24. The van der Waals surface area contributed by atoms with E-state index in [0.29, 0.717) is 16.5 Å². The van der Waals surface area contributed by atoms with Crippen molar-refractivity contribution in [1.82, 2.24) is 0 Å². The largest absolute Gasteiger partial charge is 0.495 e. The van der Waals surface area contributed by atoms with Gasteiger partial charge in [-0.1, -0.05) is 29.8 Å². The van der Waals surface area contributed by atoms with Gasteiger partial charge in [0.15, 0.2) is 0 Å². The van der Waals surface area contributed by atoms with Crippen molar-refractivity contribution in [3.63, 3.8) is 0 Å². The molecule has 0 saturated heterocycles. The number of halogens is 1. The van der Waals surface area contributed by atoms with Gasteiger partial charge in [0.05, 0.1) is 30.1 Å². The van der Waals surface area contributed by atoms with Gasteiger partial charge in [0.2, 0.25) is 5.91 Å². The zero-order valence-corrected chi connectivity index (χ0v) is 12.7. The molecule has 0 aliphatic carbocycles. The highest BCUT2D eigenvalue weighted by atomic mass is 35.5. The van der Waals surface area contributed by atoms with Crippen molar-refractivity contribution in [3.8, 4) is 5.75 Å². The quantitative estimate of drug-likeness (QED) is 0.885. The molecule has 0 aliphatic heterocycles. The summed E-state index contributed by atoms with van der Waals surface area (Å²) in [4.78, 5) is 12.0. The van der Waals surface area contributed by atoms with Crippen LogP contribution in [0.5, 0.6) is 5.75 Å². The third-order valence-corrected chi connectivity index (χ3v) is 3.26. The number of amides is 1. The summed E-state index contributed by atoms with van der Waals surface area (Å²) in [6, 6.07) is 12.9. The zero-order valence-electron chi connectivity index (χ0n) is 11.9. The van der Waals surface area contributed by atoms with Gasteiger partial charge in [-0.05, 0) is 36.8 Å². The lowest BCUT2D eigenvalue weighted by atomic mass is 10.2. The van der Waals surface area contributed by atoms with E-state index in [1.807, 2.05) is 37.3 Å². The van der Waals surface area contributed by atoms with Gasteiger partial charge in [0.25, 0.3) is 0 Å². The van der Waals surface area contributed by atoms with E-state index in [9.17, 15) is 4.79 Å². The number of rotatable bonds is 5. The van der Waals surface area contributed by atoms with E-state index in [4.69, 9.17) is 16.3 Å². The highest BCUT2D eigenvalue weighted by molar-refractivity contribution is 6.33. The molecule has 5 heteroatoms. The van der Waals surface area contributed by atoms with E-state index >= 15 is 0 Å². The van der Waals surface area contributed by atoms with Gasteiger partial charge in [-0.2, -0.15) is 0 Å². The van der Waals surface area contributed by atoms with Crippen LogP contribution in [0.3, 0.4) is 0 Å². The number of aryl methyl sites for hydroxylation is 1. The van der Waals surface area contributed by atoms with Crippen LogP contribution in [0.1, 0.15) is 5.56 Å². The fraction of sp³-hybridized carbons (Fsp3) is 0.188. The maximum atomic E-state index is 12.0. The van der Waals surface area contributed by atoms with Crippen LogP contribution >= 0.6 is 11.6 Å². The van der Waals surface area contributed by atoms with E-state index in [2.05, 4.69) is 10.6 Å². The minimum absolute atomic E-state index is 0.126. The average molecular weight is 305 g/mol. The Hall–Kier alpha value is -2.20. The Morgan fingerprint density at radius 3 is 2.67 bits per heavy atom. The fourth-order valence-corrected chi connectivity index (χ4v) is 2.18. The predicted molar refractivity (Wildman–Crippen MR) is 86.3 cm³/mol. The number of anilines is 2. The van der Waals surface area contributed by atoms with Gasteiger partial charge in [0.1, 0.15) is 5.75 Å². The number of methoxy groups -OCH3 is 1. The van der Waals surface area contributed by atoms with Gasteiger partial charge in [-0.25, -0.2) is 0 Å². The molecule has 110 valence electrons. The topological polar surface area (TPSA) is 50.4 Å². The van der Waals surface area contributed by atoms with E-state index in [-0.39, 0.29) is 12.5 Å². The summed E-state index contributed by atoms with van der Waals surface area (Å²) in [6.07, 6.45) is 0. The summed E-state index contributed by atoms with van der Waals surface area (Å²) in [7, 11) is 1.56. The van der Waals surface area contributed by atoms with Crippen molar-refractivity contribution < 1.29 is 9.53 Å². The second-order valence-electron chi connectivity index (χ2n) is 4.59.